The van der Waals surface area contributed by atoms with Crippen LogP contribution in [0, 0.1) is 0 Å². The maximum Gasteiger partial charge on any atom is 0.416 e. The molecule has 0 saturated carbocycles. The van der Waals surface area contributed by atoms with Crippen molar-refractivity contribution in [2.75, 3.05) is 0 Å². The second-order valence-electron chi connectivity index (χ2n) is 5.29. The van der Waals surface area contributed by atoms with Crippen molar-refractivity contribution in [1.29, 1.82) is 0 Å². The van der Waals surface area contributed by atoms with Gasteiger partial charge in [-0.05, 0) is 30.2 Å². The third kappa shape index (κ3) is 3.83. The van der Waals surface area contributed by atoms with E-state index in [1.165, 1.54) is 6.92 Å². The number of aryl methyl sites for hydroxylation is 1. The largest absolute Gasteiger partial charge is 0.478 e. The van der Waals surface area contributed by atoms with Gasteiger partial charge >= 0.3 is 22.4 Å². The molecule has 142 valence electrons. The average molecular weight is 398 g/mol. The fraction of sp³-hybridized carbons (Fsp3) is 0.308. The maximum absolute atomic E-state index is 13.1. The van der Waals surface area contributed by atoms with Crippen molar-refractivity contribution >= 4 is 22.3 Å². The number of alkyl halides is 3. The van der Waals surface area contributed by atoms with Gasteiger partial charge in [0.25, 0.3) is 5.44 Å². The first-order chi connectivity index (χ1) is 10.9. The van der Waals surface area contributed by atoms with E-state index in [4.69, 9.17) is 5.11 Å². The number of halogens is 8. The van der Waals surface area contributed by atoms with E-state index in [9.17, 15) is 37.4 Å². The Morgan fingerprint density at radius 1 is 1.20 bits per heavy atom. The molecule has 0 amide bonds. The Labute approximate surface area is 135 Å². The third-order valence-electron chi connectivity index (χ3n) is 3.34. The maximum atomic E-state index is 13.1. The summed E-state index contributed by atoms with van der Waals surface area (Å²) in [5.74, 6) is -3.22. The number of ether oxygens (including phenoxy) is 1. The second kappa shape index (κ2) is 4.80. The highest BCUT2D eigenvalue weighted by Gasteiger charge is 2.74. The summed E-state index contributed by atoms with van der Waals surface area (Å²) in [5.41, 5.74) is -8.27. The van der Waals surface area contributed by atoms with E-state index in [1.54, 1.807) is 0 Å². The molecule has 0 aliphatic carbocycles. The molecule has 0 unspecified atom stereocenters. The van der Waals surface area contributed by atoms with Gasteiger partial charge < -0.3 is 9.84 Å². The Morgan fingerprint density at radius 3 is 2.16 bits per heavy atom. The second-order valence-corrected chi connectivity index (χ2v) is 7.77. The normalized spacial score (nSPS) is 20.7. The number of carboxylic acids is 1. The van der Waals surface area contributed by atoms with Crippen LogP contribution in [0.3, 0.4) is 0 Å². The van der Waals surface area contributed by atoms with Gasteiger partial charge in [-0.3, -0.25) is 0 Å². The molecule has 1 aliphatic heterocycles. The highest BCUT2D eigenvalue weighted by atomic mass is 32.5. The minimum absolute atomic E-state index is 0.137. The lowest BCUT2D eigenvalue weighted by atomic mass is 9.98. The Morgan fingerprint density at radius 2 is 1.76 bits per heavy atom. The van der Waals surface area contributed by atoms with Crippen LogP contribution in [0.2, 0.25) is 0 Å². The predicted molar refractivity (Wildman–Crippen MR) is 74.0 cm³/mol. The van der Waals surface area contributed by atoms with Crippen LogP contribution in [0.1, 0.15) is 23.6 Å². The van der Waals surface area contributed by atoms with Crippen LogP contribution in [-0.2, 0) is 17.4 Å². The smallest absolute Gasteiger partial charge is 0.416 e. The van der Waals surface area contributed by atoms with Gasteiger partial charge in [0.2, 0.25) is 0 Å². The summed E-state index contributed by atoms with van der Waals surface area (Å²) in [6.45, 7) is 1.28. The SMILES string of the molecule is CCc1cc(C(F)(F)F)cc2c1O[C@@H](S(F)(F)(F)(F)F)C(C(=O)O)=C2. The molecule has 1 aliphatic rings. The number of hydrogen-bond acceptors (Lipinski definition) is 2. The summed E-state index contributed by atoms with van der Waals surface area (Å²) < 4.78 is 108. The van der Waals surface area contributed by atoms with Crippen molar-refractivity contribution in [3.05, 3.63) is 34.4 Å². The Balaban J connectivity index is 2.78. The fourth-order valence-corrected chi connectivity index (χ4v) is 3.22. The topological polar surface area (TPSA) is 46.5 Å². The molecule has 1 N–H and O–H groups in total. The van der Waals surface area contributed by atoms with Crippen LogP contribution in [0.4, 0.5) is 32.6 Å². The van der Waals surface area contributed by atoms with Crippen LogP contribution < -0.4 is 4.74 Å². The van der Waals surface area contributed by atoms with Crippen LogP contribution in [-0.4, -0.2) is 16.5 Å². The van der Waals surface area contributed by atoms with Gasteiger partial charge in [0.05, 0.1) is 11.1 Å². The first-order valence-corrected chi connectivity index (χ1v) is 8.54. The number of rotatable bonds is 3. The van der Waals surface area contributed by atoms with E-state index in [2.05, 4.69) is 4.74 Å². The Kier molecular flexibility index (Phi) is 3.71. The standard InChI is InChI=1S/C13H10F8O3S/c1-2-6-3-8(13(14,15)16)4-7-5-9(11(22)23)12(24-10(6)7)25(17,18,19,20)21/h3-5,12H,2H2,1H3,(H,22,23)/t12-/m0/s1. The van der Waals surface area contributed by atoms with Gasteiger partial charge in [-0.1, -0.05) is 26.4 Å². The van der Waals surface area contributed by atoms with Crippen molar-refractivity contribution in [2.24, 2.45) is 0 Å². The first kappa shape index (κ1) is 19.3. The molecule has 0 fully saturated rings. The average Bonchev–Trinajstić information content (AvgIpc) is 2.40. The zero-order valence-corrected chi connectivity index (χ0v) is 13.0. The molecule has 25 heavy (non-hydrogen) atoms. The summed E-state index contributed by atoms with van der Waals surface area (Å²) in [7, 11) is -10.5. The van der Waals surface area contributed by atoms with Gasteiger partial charge in [-0.25, -0.2) is 4.79 Å². The van der Waals surface area contributed by atoms with Crippen LogP contribution in [0.15, 0.2) is 17.7 Å². The number of aliphatic carboxylic acids is 1. The molecule has 1 heterocycles. The number of carboxylic acid groups (broad SMARTS) is 1. The molecular formula is C13H10F8O3S. The van der Waals surface area contributed by atoms with Crippen molar-refractivity contribution in [3.63, 3.8) is 0 Å². The summed E-state index contributed by atoms with van der Waals surface area (Å²) >= 11 is 0. The summed E-state index contributed by atoms with van der Waals surface area (Å²) in [5, 5.41) is 8.80. The van der Waals surface area contributed by atoms with E-state index < -0.39 is 55.8 Å². The molecule has 1 atom stereocenters. The summed E-state index contributed by atoms with van der Waals surface area (Å²) in [4.78, 5) is 11.0. The molecular weight excluding hydrogens is 388 g/mol. The Bertz CT molecular complexity index is 779. The zero-order chi connectivity index (χ0) is 19.5. The van der Waals surface area contributed by atoms with Crippen LogP contribution in [0.25, 0.3) is 6.08 Å². The Hall–Kier alpha value is -1.98. The lowest BCUT2D eigenvalue weighted by Crippen LogP contribution is -2.37. The van der Waals surface area contributed by atoms with E-state index >= 15 is 0 Å². The highest BCUT2D eigenvalue weighted by molar-refractivity contribution is 8.46. The van der Waals surface area contributed by atoms with E-state index in [0.717, 1.165) is 0 Å². The van der Waals surface area contributed by atoms with Crippen molar-refractivity contribution in [2.45, 2.75) is 25.0 Å². The van der Waals surface area contributed by atoms with E-state index in [1.807, 2.05) is 0 Å². The van der Waals surface area contributed by atoms with Gasteiger partial charge in [-0.15, -0.1) is 0 Å². The van der Waals surface area contributed by atoms with Gasteiger partial charge in [0.1, 0.15) is 5.75 Å². The lowest BCUT2D eigenvalue weighted by Gasteiger charge is -2.47. The molecule has 0 bridgehead atoms. The summed E-state index contributed by atoms with van der Waals surface area (Å²) in [6, 6.07) is 0.819. The van der Waals surface area contributed by atoms with Gasteiger partial charge in [0.15, 0.2) is 0 Å². The quantitative estimate of drug-likeness (QED) is 0.660. The number of carbonyl (C=O) groups is 1. The summed E-state index contributed by atoms with van der Waals surface area (Å²) in [6.07, 6.45) is -4.99. The molecule has 0 saturated heterocycles. The molecule has 0 radical (unpaired) electrons. The minimum Gasteiger partial charge on any atom is -0.478 e. The minimum atomic E-state index is -10.5. The monoisotopic (exact) mass is 398 g/mol. The third-order valence-corrected chi connectivity index (χ3v) is 4.50. The molecule has 3 nitrogen and oxygen atoms in total. The fourth-order valence-electron chi connectivity index (χ4n) is 2.29. The van der Waals surface area contributed by atoms with Crippen molar-refractivity contribution < 1.29 is 47.2 Å². The number of benzene rings is 1. The van der Waals surface area contributed by atoms with Crippen LogP contribution in [0.5, 0.6) is 5.75 Å². The predicted octanol–water partition coefficient (Wildman–Crippen LogP) is 5.75. The highest BCUT2D eigenvalue weighted by Crippen LogP contribution is 3.01. The first-order valence-electron chi connectivity index (χ1n) is 6.52. The van der Waals surface area contributed by atoms with Gasteiger partial charge in [-0.2, -0.15) is 13.2 Å². The van der Waals surface area contributed by atoms with Gasteiger partial charge in [0, 0.05) is 5.56 Å². The molecule has 1 aromatic carbocycles. The number of hydrogen-bond donors (Lipinski definition) is 1. The van der Waals surface area contributed by atoms with E-state index in [0.29, 0.717) is 12.1 Å². The molecule has 12 heteroatoms. The molecule has 0 spiro atoms. The van der Waals surface area contributed by atoms with Crippen LogP contribution >= 0.6 is 10.2 Å². The van der Waals surface area contributed by atoms with Crippen molar-refractivity contribution in [1.82, 2.24) is 0 Å². The molecule has 0 aromatic heterocycles. The molecule has 2 rings (SSSR count). The number of fused-ring (bicyclic) bond motifs is 1. The molecule has 1 aromatic rings. The van der Waals surface area contributed by atoms with E-state index in [-0.39, 0.29) is 12.5 Å². The lowest BCUT2D eigenvalue weighted by molar-refractivity contribution is -0.137. The zero-order valence-electron chi connectivity index (χ0n) is 12.2. The van der Waals surface area contributed by atoms with Crippen molar-refractivity contribution in [3.8, 4) is 5.75 Å².